The van der Waals surface area contributed by atoms with Gasteiger partial charge in [-0.25, -0.2) is 19.9 Å². The number of benzene rings is 3. The number of aromatic nitrogens is 6. The second-order valence-corrected chi connectivity index (χ2v) is 15.6. The highest BCUT2D eigenvalue weighted by atomic mass is 16.2. The number of nitrogens with one attached hydrogen (secondary N) is 2. The Kier molecular flexibility index (Phi) is 8.79. The summed E-state index contributed by atoms with van der Waals surface area (Å²) in [5.41, 5.74) is 7.53. The smallest absolute Gasteiger partial charge is 0.226 e. The lowest BCUT2D eigenvalue weighted by Crippen LogP contribution is -2.36. The Bertz CT molecular complexity index is 2140. The Balaban J connectivity index is 1.02. The summed E-state index contributed by atoms with van der Waals surface area (Å²) in [6.07, 6.45) is 5.69. The molecular weight excluding hydrogens is 649 g/mol. The quantitative estimate of drug-likeness (QED) is 0.164. The van der Waals surface area contributed by atoms with Gasteiger partial charge in [0, 0.05) is 42.1 Å². The lowest BCUT2D eigenvalue weighted by Gasteiger charge is -2.27. The zero-order valence-electron chi connectivity index (χ0n) is 31.0. The Hall–Kier alpha value is -5.12. The SMILES string of the molecule is CC(C)[C@H](C)C(=O)N1CCC[C@H]1c1nc2cc(-c3ccc4nc(-c5ccc6[nH]c([C@@H]7CCCN7C(=O)[C@@H](C)C(C)C)nc6c5)ncc4c3)ccc2[nH]1. The van der Waals surface area contributed by atoms with Crippen LogP contribution in [0.15, 0.2) is 60.8 Å². The van der Waals surface area contributed by atoms with Crippen LogP contribution in [0.5, 0.6) is 0 Å². The van der Waals surface area contributed by atoms with Crippen molar-refractivity contribution in [1.82, 2.24) is 39.7 Å². The number of carbonyl (C=O) groups excluding carboxylic acids is 2. The van der Waals surface area contributed by atoms with E-state index in [-0.39, 0.29) is 35.7 Å². The number of amides is 2. The van der Waals surface area contributed by atoms with Crippen LogP contribution >= 0.6 is 0 Å². The summed E-state index contributed by atoms with van der Waals surface area (Å²) in [6, 6.07) is 18.6. The largest absolute Gasteiger partial charge is 0.340 e. The van der Waals surface area contributed by atoms with Gasteiger partial charge in [-0.3, -0.25) is 9.59 Å². The van der Waals surface area contributed by atoms with Crippen molar-refractivity contribution in [3.63, 3.8) is 0 Å². The Labute approximate surface area is 304 Å². The first-order valence-corrected chi connectivity index (χ1v) is 18.9. The van der Waals surface area contributed by atoms with Crippen LogP contribution in [-0.2, 0) is 9.59 Å². The third-order valence-corrected chi connectivity index (χ3v) is 11.7. The van der Waals surface area contributed by atoms with E-state index in [2.05, 4.69) is 68.0 Å². The number of likely N-dealkylation sites (tertiary alicyclic amines) is 2. The fourth-order valence-corrected chi connectivity index (χ4v) is 7.76. The molecule has 0 saturated carbocycles. The molecule has 8 rings (SSSR count). The van der Waals surface area contributed by atoms with Crippen LogP contribution in [0, 0.1) is 23.7 Å². The number of hydrogen-bond donors (Lipinski definition) is 2. The molecule has 2 fully saturated rings. The molecule has 268 valence electrons. The highest BCUT2D eigenvalue weighted by molar-refractivity contribution is 5.89. The number of imidazole rings is 2. The van der Waals surface area contributed by atoms with Gasteiger partial charge >= 0.3 is 0 Å². The summed E-state index contributed by atoms with van der Waals surface area (Å²) in [5, 5.41) is 0.952. The number of H-pyrrole nitrogens is 2. The minimum absolute atomic E-state index is 0.0109. The van der Waals surface area contributed by atoms with E-state index in [0.29, 0.717) is 17.7 Å². The third-order valence-electron chi connectivity index (χ3n) is 11.7. The Morgan fingerprint density at radius 2 is 1.13 bits per heavy atom. The zero-order valence-corrected chi connectivity index (χ0v) is 31.0. The molecule has 0 unspecified atom stereocenters. The van der Waals surface area contributed by atoms with Crippen LogP contribution in [0.4, 0.5) is 0 Å². The number of hydrogen-bond acceptors (Lipinski definition) is 6. The van der Waals surface area contributed by atoms with E-state index in [1.54, 1.807) is 0 Å². The second-order valence-electron chi connectivity index (χ2n) is 15.6. The molecule has 5 heterocycles. The van der Waals surface area contributed by atoms with Crippen molar-refractivity contribution in [2.24, 2.45) is 23.7 Å². The van der Waals surface area contributed by atoms with Crippen LogP contribution < -0.4 is 0 Å². The molecule has 2 aliphatic heterocycles. The van der Waals surface area contributed by atoms with Crippen LogP contribution in [0.25, 0.3) is 55.5 Å². The molecule has 52 heavy (non-hydrogen) atoms. The number of carbonyl (C=O) groups is 2. The molecule has 0 bridgehead atoms. The summed E-state index contributed by atoms with van der Waals surface area (Å²) < 4.78 is 0. The van der Waals surface area contributed by atoms with Gasteiger partial charge in [-0.15, -0.1) is 0 Å². The molecule has 0 spiro atoms. The highest BCUT2D eigenvalue weighted by Gasteiger charge is 2.36. The van der Waals surface area contributed by atoms with Crippen LogP contribution in [-0.4, -0.2) is 64.6 Å². The molecule has 10 heteroatoms. The lowest BCUT2D eigenvalue weighted by atomic mass is 9.96. The van der Waals surface area contributed by atoms with E-state index in [9.17, 15) is 9.59 Å². The van der Waals surface area contributed by atoms with Crippen molar-refractivity contribution < 1.29 is 9.59 Å². The van der Waals surface area contributed by atoms with Crippen LogP contribution in [0.3, 0.4) is 0 Å². The molecule has 2 N–H and O–H groups in total. The van der Waals surface area contributed by atoms with E-state index >= 15 is 0 Å². The number of fused-ring (bicyclic) bond motifs is 3. The van der Waals surface area contributed by atoms with Gasteiger partial charge in [-0.2, -0.15) is 0 Å². The Morgan fingerprint density at radius 3 is 1.69 bits per heavy atom. The fourth-order valence-electron chi connectivity index (χ4n) is 7.76. The minimum atomic E-state index is -0.0294. The molecule has 6 aromatic rings. The molecule has 2 saturated heterocycles. The molecular formula is C42H48N8O2. The first-order chi connectivity index (χ1) is 25.0. The first kappa shape index (κ1) is 34.0. The highest BCUT2D eigenvalue weighted by Crippen LogP contribution is 2.36. The summed E-state index contributed by atoms with van der Waals surface area (Å²) >= 11 is 0. The van der Waals surface area contributed by atoms with Gasteiger partial charge in [0.1, 0.15) is 11.6 Å². The molecule has 3 aromatic carbocycles. The van der Waals surface area contributed by atoms with Crippen molar-refractivity contribution in [2.45, 2.75) is 79.3 Å². The van der Waals surface area contributed by atoms with Crippen LogP contribution in [0.1, 0.15) is 91.0 Å². The minimum Gasteiger partial charge on any atom is -0.340 e. The molecule has 0 aliphatic carbocycles. The molecule has 0 radical (unpaired) electrons. The van der Waals surface area contributed by atoms with Gasteiger partial charge in [0.25, 0.3) is 0 Å². The monoisotopic (exact) mass is 696 g/mol. The zero-order chi connectivity index (χ0) is 36.3. The van der Waals surface area contributed by atoms with Gasteiger partial charge in [-0.05, 0) is 91.1 Å². The predicted octanol–water partition coefficient (Wildman–Crippen LogP) is 8.63. The van der Waals surface area contributed by atoms with E-state index in [4.69, 9.17) is 19.9 Å². The van der Waals surface area contributed by atoms with E-state index < -0.39 is 0 Å². The number of aromatic amines is 2. The van der Waals surface area contributed by atoms with Gasteiger partial charge in [0.2, 0.25) is 11.8 Å². The number of rotatable bonds is 8. The second kappa shape index (κ2) is 13.5. The summed E-state index contributed by atoms with van der Waals surface area (Å²) in [5.74, 6) is 3.35. The molecule has 10 nitrogen and oxygen atoms in total. The van der Waals surface area contributed by atoms with Crippen molar-refractivity contribution in [2.75, 3.05) is 13.1 Å². The van der Waals surface area contributed by atoms with Gasteiger partial charge < -0.3 is 19.8 Å². The lowest BCUT2D eigenvalue weighted by molar-refractivity contribution is -0.138. The summed E-state index contributed by atoms with van der Waals surface area (Å²) in [4.78, 5) is 57.2. The van der Waals surface area contributed by atoms with E-state index in [1.807, 2.05) is 54.1 Å². The maximum absolute atomic E-state index is 13.3. The molecule has 2 amide bonds. The van der Waals surface area contributed by atoms with Gasteiger partial charge in [-0.1, -0.05) is 53.7 Å². The fraction of sp³-hybridized carbons (Fsp3) is 0.429. The molecule has 3 aromatic heterocycles. The standard InChI is InChI=1S/C42H48N8O2/c1-23(2)25(5)41(51)49-17-7-9-36(49)39-45-32-15-12-28(20-34(32)47-39)27-11-14-31-30(19-27)22-43-38(44-31)29-13-16-33-35(21-29)48-40(46-33)37-10-8-18-50(37)42(52)26(6)24(3)4/h11-16,19-26,36-37H,7-10,17-18H2,1-6H3,(H,45,47)(H,46,48)/t25-,26-,36-,37-/m0/s1. The maximum Gasteiger partial charge on any atom is 0.226 e. The van der Waals surface area contributed by atoms with Crippen molar-refractivity contribution in [3.8, 4) is 22.5 Å². The van der Waals surface area contributed by atoms with Crippen molar-refractivity contribution in [1.29, 1.82) is 0 Å². The molecule has 4 atom stereocenters. The maximum atomic E-state index is 13.3. The van der Waals surface area contributed by atoms with E-state index in [1.165, 1.54) is 0 Å². The van der Waals surface area contributed by atoms with E-state index in [0.717, 1.165) is 100 Å². The first-order valence-electron chi connectivity index (χ1n) is 18.9. The third kappa shape index (κ3) is 6.11. The summed E-state index contributed by atoms with van der Waals surface area (Å²) in [6.45, 7) is 14.0. The van der Waals surface area contributed by atoms with Gasteiger partial charge in [0.05, 0.1) is 39.7 Å². The predicted molar refractivity (Wildman–Crippen MR) is 205 cm³/mol. The Morgan fingerprint density at radius 1 is 0.635 bits per heavy atom. The average molecular weight is 697 g/mol. The summed E-state index contributed by atoms with van der Waals surface area (Å²) in [7, 11) is 0. The van der Waals surface area contributed by atoms with Crippen molar-refractivity contribution in [3.05, 3.63) is 72.4 Å². The van der Waals surface area contributed by atoms with Crippen molar-refractivity contribution >= 4 is 44.8 Å². The normalized spacial score (nSPS) is 19.2. The van der Waals surface area contributed by atoms with Gasteiger partial charge in [0.15, 0.2) is 5.82 Å². The topological polar surface area (TPSA) is 124 Å². The average Bonchev–Trinajstić information content (AvgIpc) is 3.97. The number of nitrogens with zero attached hydrogens (tertiary/aromatic N) is 6. The van der Waals surface area contributed by atoms with Crippen LogP contribution in [0.2, 0.25) is 0 Å². The molecule has 2 aliphatic rings.